The third-order valence-electron chi connectivity index (χ3n) is 4.24. The predicted octanol–water partition coefficient (Wildman–Crippen LogP) is 2.92. The number of hydrogen-bond donors (Lipinski definition) is 3. The number of aliphatic carboxylic acids is 1. The molecule has 1 saturated heterocycles. The van der Waals surface area contributed by atoms with Gasteiger partial charge in [0, 0.05) is 29.9 Å². The number of benzene rings is 1. The average molecular weight is 347 g/mol. The van der Waals surface area contributed by atoms with Crippen molar-refractivity contribution in [1.82, 2.24) is 4.90 Å². The van der Waals surface area contributed by atoms with Crippen LogP contribution in [0.25, 0.3) is 0 Å². The molecule has 1 aliphatic rings. The van der Waals surface area contributed by atoms with E-state index in [0.717, 1.165) is 5.56 Å². The number of carboxylic acid groups (broad SMARTS) is 1. The largest absolute Gasteiger partial charge is 0.481 e. The summed E-state index contributed by atoms with van der Waals surface area (Å²) in [7, 11) is 0. The molecule has 1 heterocycles. The van der Waals surface area contributed by atoms with Crippen molar-refractivity contribution in [2.45, 2.75) is 34.1 Å². The first-order chi connectivity index (χ1) is 11.6. The van der Waals surface area contributed by atoms with Crippen molar-refractivity contribution in [1.29, 1.82) is 0 Å². The van der Waals surface area contributed by atoms with Crippen LogP contribution >= 0.6 is 0 Å². The summed E-state index contributed by atoms with van der Waals surface area (Å²) < 4.78 is 0. The second-order valence-electron chi connectivity index (χ2n) is 7.43. The van der Waals surface area contributed by atoms with Crippen molar-refractivity contribution in [3.63, 3.8) is 0 Å². The van der Waals surface area contributed by atoms with Crippen molar-refractivity contribution in [3.05, 3.63) is 23.8 Å². The van der Waals surface area contributed by atoms with E-state index in [9.17, 15) is 14.4 Å². The lowest BCUT2D eigenvalue weighted by atomic mass is 9.95. The average Bonchev–Trinajstić information content (AvgIpc) is 3.00. The number of carbonyl (C=O) groups is 3. The van der Waals surface area contributed by atoms with Gasteiger partial charge in [-0.15, -0.1) is 0 Å². The molecule has 1 aromatic rings. The van der Waals surface area contributed by atoms with Gasteiger partial charge in [-0.2, -0.15) is 0 Å². The van der Waals surface area contributed by atoms with E-state index in [1.165, 1.54) is 4.90 Å². The Morgan fingerprint density at radius 3 is 2.44 bits per heavy atom. The molecule has 3 amide bonds. The van der Waals surface area contributed by atoms with Crippen LogP contribution in [0.15, 0.2) is 18.2 Å². The van der Waals surface area contributed by atoms with Gasteiger partial charge in [-0.05, 0) is 31.0 Å². The zero-order chi connectivity index (χ0) is 18.8. The fourth-order valence-corrected chi connectivity index (χ4v) is 2.49. The molecular formula is C18H25N3O4. The number of nitrogens with zero attached hydrogens (tertiary/aromatic N) is 1. The zero-order valence-corrected chi connectivity index (χ0v) is 15.0. The minimum atomic E-state index is -0.877. The van der Waals surface area contributed by atoms with Crippen molar-refractivity contribution in [2.75, 3.05) is 23.7 Å². The van der Waals surface area contributed by atoms with Crippen LogP contribution in [0.2, 0.25) is 0 Å². The van der Waals surface area contributed by atoms with Crippen LogP contribution in [0.4, 0.5) is 16.2 Å². The van der Waals surface area contributed by atoms with Gasteiger partial charge in [0.05, 0.1) is 5.92 Å². The molecule has 7 heteroatoms. The second kappa shape index (κ2) is 7.13. The molecule has 0 aromatic heterocycles. The van der Waals surface area contributed by atoms with Crippen LogP contribution in [0.3, 0.4) is 0 Å². The van der Waals surface area contributed by atoms with Crippen LogP contribution in [0.5, 0.6) is 0 Å². The van der Waals surface area contributed by atoms with Crippen molar-refractivity contribution >= 4 is 29.3 Å². The first-order valence-electron chi connectivity index (χ1n) is 8.29. The Labute approximate surface area is 147 Å². The van der Waals surface area contributed by atoms with E-state index in [-0.39, 0.29) is 18.5 Å². The highest BCUT2D eigenvalue weighted by Gasteiger charge is 2.31. The van der Waals surface area contributed by atoms with E-state index < -0.39 is 17.3 Å². The van der Waals surface area contributed by atoms with Crippen molar-refractivity contribution < 1.29 is 19.5 Å². The second-order valence-corrected chi connectivity index (χ2v) is 7.43. The highest BCUT2D eigenvalue weighted by atomic mass is 16.4. The quantitative estimate of drug-likeness (QED) is 0.783. The van der Waals surface area contributed by atoms with Gasteiger partial charge in [-0.3, -0.25) is 9.59 Å². The molecule has 1 unspecified atom stereocenters. The first kappa shape index (κ1) is 18.8. The lowest BCUT2D eigenvalue weighted by Gasteiger charge is -2.20. The number of aryl methyl sites for hydroxylation is 1. The molecule has 7 nitrogen and oxygen atoms in total. The van der Waals surface area contributed by atoms with Crippen LogP contribution in [-0.2, 0) is 9.59 Å². The molecule has 1 fully saturated rings. The Morgan fingerprint density at radius 1 is 1.20 bits per heavy atom. The standard InChI is InChI=1S/C18H25N3O4/c1-11-5-6-13(9-14(11)20-16(24)18(2,3)4)19-17(25)21-8-7-12(10-21)15(22)23/h5-6,9,12H,7-8,10H2,1-4H3,(H,19,25)(H,20,24)(H,22,23). The van der Waals surface area contributed by atoms with E-state index >= 15 is 0 Å². The van der Waals surface area contributed by atoms with Gasteiger partial charge in [0.25, 0.3) is 0 Å². The Balaban J connectivity index is 2.06. The highest BCUT2D eigenvalue weighted by Crippen LogP contribution is 2.24. The van der Waals surface area contributed by atoms with Gasteiger partial charge >= 0.3 is 12.0 Å². The molecular weight excluding hydrogens is 322 g/mol. The van der Waals surface area contributed by atoms with E-state index in [4.69, 9.17) is 5.11 Å². The van der Waals surface area contributed by atoms with E-state index in [2.05, 4.69) is 10.6 Å². The topological polar surface area (TPSA) is 98.7 Å². The summed E-state index contributed by atoms with van der Waals surface area (Å²) in [4.78, 5) is 36.9. The summed E-state index contributed by atoms with van der Waals surface area (Å²) in [5, 5.41) is 14.7. The predicted molar refractivity (Wildman–Crippen MR) is 95.6 cm³/mol. The number of anilines is 2. The van der Waals surface area contributed by atoms with Gasteiger partial charge in [-0.25, -0.2) is 4.79 Å². The van der Waals surface area contributed by atoms with Gasteiger partial charge < -0.3 is 20.6 Å². The molecule has 1 atom stereocenters. The third kappa shape index (κ3) is 4.71. The molecule has 0 bridgehead atoms. The summed E-state index contributed by atoms with van der Waals surface area (Å²) >= 11 is 0. The van der Waals surface area contributed by atoms with E-state index in [0.29, 0.717) is 24.3 Å². The fraction of sp³-hybridized carbons (Fsp3) is 0.500. The molecule has 3 N–H and O–H groups in total. The summed E-state index contributed by atoms with van der Waals surface area (Å²) in [6, 6.07) is 4.95. The number of carboxylic acids is 1. The normalized spacial score (nSPS) is 17.3. The van der Waals surface area contributed by atoms with Crippen LogP contribution < -0.4 is 10.6 Å². The van der Waals surface area contributed by atoms with Gasteiger partial charge in [0.1, 0.15) is 0 Å². The molecule has 136 valence electrons. The maximum Gasteiger partial charge on any atom is 0.321 e. The molecule has 1 aliphatic heterocycles. The van der Waals surface area contributed by atoms with E-state index in [1.54, 1.807) is 12.1 Å². The Bertz CT molecular complexity index is 694. The SMILES string of the molecule is Cc1ccc(NC(=O)N2CCC(C(=O)O)C2)cc1NC(=O)C(C)(C)C. The number of likely N-dealkylation sites (tertiary alicyclic amines) is 1. The van der Waals surface area contributed by atoms with Crippen molar-refractivity contribution in [2.24, 2.45) is 11.3 Å². The number of amides is 3. The molecule has 0 aliphatic carbocycles. The molecule has 25 heavy (non-hydrogen) atoms. The summed E-state index contributed by atoms with van der Waals surface area (Å²) in [6.07, 6.45) is 0.462. The van der Waals surface area contributed by atoms with Crippen LogP contribution in [0.1, 0.15) is 32.8 Å². The zero-order valence-electron chi connectivity index (χ0n) is 15.0. The smallest absolute Gasteiger partial charge is 0.321 e. The van der Waals surface area contributed by atoms with Crippen LogP contribution in [-0.4, -0.2) is 41.0 Å². The summed E-state index contributed by atoms with van der Waals surface area (Å²) in [6.45, 7) is 7.99. The first-order valence-corrected chi connectivity index (χ1v) is 8.29. The number of carbonyl (C=O) groups excluding carboxylic acids is 2. The number of hydrogen-bond acceptors (Lipinski definition) is 3. The van der Waals surface area contributed by atoms with Crippen LogP contribution in [0, 0.1) is 18.3 Å². The number of nitrogens with one attached hydrogen (secondary N) is 2. The summed E-state index contributed by atoms with van der Waals surface area (Å²) in [5.41, 5.74) is 1.57. The van der Waals surface area contributed by atoms with E-state index in [1.807, 2.05) is 33.8 Å². The van der Waals surface area contributed by atoms with Gasteiger partial charge in [-0.1, -0.05) is 26.8 Å². The Hall–Kier alpha value is -2.57. The molecule has 2 rings (SSSR count). The maximum absolute atomic E-state index is 12.3. The maximum atomic E-state index is 12.3. The van der Waals surface area contributed by atoms with Gasteiger partial charge in [0.2, 0.25) is 5.91 Å². The molecule has 1 aromatic carbocycles. The molecule has 0 saturated carbocycles. The van der Waals surface area contributed by atoms with Gasteiger partial charge in [0.15, 0.2) is 0 Å². The Kier molecular flexibility index (Phi) is 5.35. The number of rotatable bonds is 3. The minimum absolute atomic E-state index is 0.108. The molecule has 0 spiro atoms. The Morgan fingerprint density at radius 2 is 1.88 bits per heavy atom. The lowest BCUT2D eigenvalue weighted by Crippen LogP contribution is -2.33. The number of urea groups is 1. The minimum Gasteiger partial charge on any atom is -0.481 e. The third-order valence-corrected chi connectivity index (χ3v) is 4.24. The monoisotopic (exact) mass is 347 g/mol. The fourth-order valence-electron chi connectivity index (χ4n) is 2.49. The summed E-state index contributed by atoms with van der Waals surface area (Å²) in [5.74, 6) is -1.49. The lowest BCUT2D eigenvalue weighted by molar-refractivity contribution is -0.141. The highest BCUT2D eigenvalue weighted by molar-refractivity contribution is 5.96. The van der Waals surface area contributed by atoms with Crippen molar-refractivity contribution in [3.8, 4) is 0 Å². The molecule has 0 radical (unpaired) electrons.